The maximum Gasteiger partial charge on any atom is 0.428 e. The topological polar surface area (TPSA) is 73.5 Å². The SMILES string of the molecule is O=C(NCCOCc1ccccc1)n1c(=O)oc2ccccc21. The molecule has 0 spiro atoms. The van der Waals surface area contributed by atoms with Gasteiger partial charge in [-0.15, -0.1) is 0 Å². The number of hydrogen-bond donors (Lipinski definition) is 1. The highest BCUT2D eigenvalue weighted by Gasteiger charge is 2.14. The van der Waals surface area contributed by atoms with E-state index in [0.29, 0.717) is 30.9 Å². The summed E-state index contributed by atoms with van der Waals surface area (Å²) in [6.45, 7) is 1.13. The molecule has 0 unspecified atom stereocenters. The van der Waals surface area contributed by atoms with Crippen LogP contribution in [-0.2, 0) is 11.3 Å². The first-order valence-electron chi connectivity index (χ1n) is 7.26. The molecule has 6 heteroatoms. The van der Waals surface area contributed by atoms with Crippen LogP contribution in [0.25, 0.3) is 11.1 Å². The Morgan fingerprint density at radius 1 is 1.09 bits per heavy atom. The van der Waals surface area contributed by atoms with Crippen molar-refractivity contribution < 1.29 is 13.9 Å². The van der Waals surface area contributed by atoms with Crippen LogP contribution in [-0.4, -0.2) is 23.7 Å². The van der Waals surface area contributed by atoms with Crippen molar-refractivity contribution >= 4 is 17.1 Å². The first-order valence-corrected chi connectivity index (χ1v) is 7.26. The van der Waals surface area contributed by atoms with Crippen LogP contribution in [0.5, 0.6) is 0 Å². The molecule has 0 aliphatic carbocycles. The second kappa shape index (κ2) is 6.93. The molecular formula is C17H16N2O4. The summed E-state index contributed by atoms with van der Waals surface area (Å²) in [5, 5.41) is 2.64. The molecule has 0 fully saturated rings. The number of amides is 1. The Morgan fingerprint density at radius 2 is 1.83 bits per heavy atom. The molecule has 0 radical (unpaired) electrons. The summed E-state index contributed by atoms with van der Waals surface area (Å²) in [5.74, 6) is -0.700. The first kappa shape index (κ1) is 15.1. The van der Waals surface area contributed by atoms with Crippen LogP contribution in [0.1, 0.15) is 5.56 Å². The normalized spacial score (nSPS) is 10.8. The summed E-state index contributed by atoms with van der Waals surface area (Å²) in [4.78, 5) is 23.9. The van der Waals surface area contributed by atoms with E-state index in [9.17, 15) is 9.59 Å². The number of carbonyl (C=O) groups is 1. The Bertz CT molecular complexity index is 852. The number of hydrogen-bond acceptors (Lipinski definition) is 4. The van der Waals surface area contributed by atoms with Crippen LogP contribution in [0.3, 0.4) is 0 Å². The van der Waals surface area contributed by atoms with Gasteiger partial charge in [-0.1, -0.05) is 42.5 Å². The number of nitrogens with zero attached hydrogens (tertiary/aromatic N) is 1. The van der Waals surface area contributed by atoms with Gasteiger partial charge in [-0.2, -0.15) is 4.57 Å². The van der Waals surface area contributed by atoms with Crippen LogP contribution in [0, 0.1) is 0 Å². The monoisotopic (exact) mass is 312 g/mol. The van der Waals surface area contributed by atoms with Crippen molar-refractivity contribution in [3.05, 3.63) is 70.7 Å². The van der Waals surface area contributed by atoms with E-state index in [1.54, 1.807) is 24.3 Å². The molecule has 1 amide bonds. The lowest BCUT2D eigenvalue weighted by Crippen LogP contribution is -2.36. The molecule has 0 aliphatic heterocycles. The van der Waals surface area contributed by atoms with Crippen molar-refractivity contribution in [2.45, 2.75) is 6.61 Å². The lowest BCUT2D eigenvalue weighted by molar-refractivity contribution is 0.123. The fraction of sp³-hybridized carbons (Fsp3) is 0.176. The van der Waals surface area contributed by atoms with Crippen molar-refractivity contribution in [2.75, 3.05) is 13.2 Å². The van der Waals surface area contributed by atoms with Gasteiger partial charge < -0.3 is 14.5 Å². The van der Waals surface area contributed by atoms with Crippen LogP contribution in [0.2, 0.25) is 0 Å². The van der Waals surface area contributed by atoms with Gasteiger partial charge in [0, 0.05) is 6.54 Å². The molecule has 6 nitrogen and oxygen atoms in total. The molecule has 0 bridgehead atoms. The molecule has 0 atom stereocenters. The van der Waals surface area contributed by atoms with Gasteiger partial charge in [-0.3, -0.25) is 0 Å². The summed E-state index contributed by atoms with van der Waals surface area (Å²) in [6, 6.07) is 16.0. The minimum absolute atomic E-state index is 0.303. The summed E-state index contributed by atoms with van der Waals surface area (Å²) < 4.78 is 11.5. The van der Waals surface area contributed by atoms with Crippen LogP contribution in [0.4, 0.5) is 4.79 Å². The van der Waals surface area contributed by atoms with E-state index in [1.165, 1.54) is 0 Å². The van der Waals surface area contributed by atoms with Gasteiger partial charge in [0.2, 0.25) is 0 Å². The number of rotatable bonds is 5. The average Bonchev–Trinajstić information content (AvgIpc) is 2.91. The van der Waals surface area contributed by atoms with E-state index in [1.807, 2.05) is 30.3 Å². The largest absolute Gasteiger partial charge is 0.428 e. The maximum absolute atomic E-state index is 12.1. The standard InChI is InChI=1S/C17H16N2O4/c20-16(18-10-11-22-12-13-6-2-1-3-7-13)19-14-8-4-5-9-15(14)23-17(19)21/h1-9H,10-12H2,(H,18,20). The molecule has 3 aromatic rings. The number of aromatic nitrogens is 1. The third kappa shape index (κ3) is 3.49. The molecule has 2 aromatic carbocycles. The third-order valence-electron chi connectivity index (χ3n) is 3.32. The van der Waals surface area contributed by atoms with Crippen molar-refractivity contribution in [1.29, 1.82) is 0 Å². The van der Waals surface area contributed by atoms with Crippen molar-refractivity contribution in [3.8, 4) is 0 Å². The molecule has 0 aliphatic rings. The molecule has 23 heavy (non-hydrogen) atoms. The highest BCUT2D eigenvalue weighted by Crippen LogP contribution is 2.11. The van der Waals surface area contributed by atoms with E-state index in [0.717, 1.165) is 10.1 Å². The predicted molar refractivity (Wildman–Crippen MR) is 85.4 cm³/mol. The van der Waals surface area contributed by atoms with Crippen molar-refractivity contribution in [3.63, 3.8) is 0 Å². The van der Waals surface area contributed by atoms with E-state index < -0.39 is 11.8 Å². The van der Waals surface area contributed by atoms with Gasteiger partial charge >= 0.3 is 11.8 Å². The van der Waals surface area contributed by atoms with Crippen LogP contribution >= 0.6 is 0 Å². The second-order valence-corrected chi connectivity index (χ2v) is 4.94. The molecule has 118 valence electrons. The fourth-order valence-corrected chi connectivity index (χ4v) is 2.23. The number of para-hydroxylation sites is 2. The first-order chi connectivity index (χ1) is 11.3. The quantitative estimate of drug-likeness (QED) is 0.734. The summed E-state index contributed by atoms with van der Waals surface area (Å²) in [7, 11) is 0. The number of fused-ring (bicyclic) bond motifs is 1. The minimum Gasteiger partial charge on any atom is -0.407 e. The molecule has 0 saturated carbocycles. The Hall–Kier alpha value is -2.86. The predicted octanol–water partition coefficient (Wildman–Crippen LogP) is 2.37. The summed E-state index contributed by atoms with van der Waals surface area (Å²) >= 11 is 0. The Balaban J connectivity index is 1.53. The number of oxazole rings is 1. The summed E-state index contributed by atoms with van der Waals surface area (Å²) in [5.41, 5.74) is 1.89. The molecule has 1 N–H and O–H groups in total. The number of benzene rings is 2. The zero-order valence-electron chi connectivity index (χ0n) is 12.4. The van der Waals surface area contributed by atoms with E-state index in [-0.39, 0.29) is 0 Å². The fourth-order valence-electron chi connectivity index (χ4n) is 2.23. The van der Waals surface area contributed by atoms with Crippen molar-refractivity contribution in [1.82, 2.24) is 9.88 Å². The Labute approximate surface area is 132 Å². The van der Waals surface area contributed by atoms with Gasteiger partial charge in [0.05, 0.1) is 18.7 Å². The molecule has 1 aromatic heterocycles. The second-order valence-electron chi connectivity index (χ2n) is 4.94. The number of carbonyl (C=O) groups excluding carboxylic acids is 1. The van der Waals surface area contributed by atoms with Gasteiger partial charge in [0.25, 0.3) is 0 Å². The zero-order chi connectivity index (χ0) is 16.1. The van der Waals surface area contributed by atoms with Crippen LogP contribution < -0.4 is 11.1 Å². The average molecular weight is 312 g/mol. The smallest absolute Gasteiger partial charge is 0.407 e. The van der Waals surface area contributed by atoms with Gasteiger partial charge in [0.15, 0.2) is 5.58 Å². The highest BCUT2D eigenvalue weighted by molar-refractivity contribution is 5.87. The molecular weight excluding hydrogens is 296 g/mol. The van der Waals surface area contributed by atoms with Crippen LogP contribution in [0.15, 0.2) is 63.8 Å². The lowest BCUT2D eigenvalue weighted by atomic mass is 10.2. The Morgan fingerprint density at radius 3 is 2.65 bits per heavy atom. The number of ether oxygens (including phenoxy) is 1. The minimum atomic E-state index is -0.700. The Kier molecular flexibility index (Phi) is 4.54. The van der Waals surface area contributed by atoms with E-state index in [2.05, 4.69) is 5.32 Å². The number of nitrogens with one attached hydrogen (secondary N) is 1. The lowest BCUT2D eigenvalue weighted by Gasteiger charge is -2.06. The third-order valence-corrected chi connectivity index (χ3v) is 3.32. The maximum atomic E-state index is 12.1. The van der Waals surface area contributed by atoms with Crippen molar-refractivity contribution in [2.24, 2.45) is 0 Å². The van der Waals surface area contributed by atoms with Gasteiger partial charge in [-0.05, 0) is 17.7 Å². The van der Waals surface area contributed by atoms with Gasteiger partial charge in [0.1, 0.15) is 0 Å². The molecule has 0 saturated heterocycles. The molecule has 3 rings (SSSR count). The highest BCUT2D eigenvalue weighted by atomic mass is 16.5. The molecule has 1 heterocycles. The van der Waals surface area contributed by atoms with Gasteiger partial charge in [-0.25, -0.2) is 9.59 Å². The van der Waals surface area contributed by atoms with E-state index in [4.69, 9.17) is 9.15 Å². The van der Waals surface area contributed by atoms with E-state index >= 15 is 0 Å². The summed E-state index contributed by atoms with van der Waals surface area (Å²) in [6.07, 6.45) is 0. The zero-order valence-corrected chi connectivity index (χ0v) is 12.4.